The molecule has 0 aliphatic carbocycles. The molecule has 2 N–H and O–H groups in total. The predicted octanol–water partition coefficient (Wildman–Crippen LogP) is 2.10. The number of rotatable bonds is 3. The minimum Gasteiger partial charge on any atom is -0.479 e. The molecule has 2 rings (SSSR count). The lowest BCUT2D eigenvalue weighted by atomic mass is 9.99. The summed E-state index contributed by atoms with van der Waals surface area (Å²) >= 11 is 0. The number of hydrogen-bond acceptors (Lipinski definition) is 2. The maximum absolute atomic E-state index is 11.3. The molecule has 18 heavy (non-hydrogen) atoms. The van der Waals surface area contributed by atoms with E-state index in [0.29, 0.717) is 5.56 Å². The van der Waals surface area contributed by atoms with Crippen molar-refractivity contribution in [2.45, 2.75) is 13.0 Å². The Balaban J connectivity index is 2.57. The summed E-state index contributed by atoms with van der Waals surface area (Å²) in [7, 11) is 0. The van der Waals surface area contributed by atoms with Crippen molar-refractivity contribution >= 4 is 22.6 Å². The highest BCUT2D eigenvalue weighted by Gasteiger charge is 2.22. The first-order valence-electron chi connectivity index (χ1n) is 5.57. The molecule has 0 saturated carbocycles. The third-order valence-corrected chi connectivity index (χ3v) is 2.73. The average Bonchev–Trinajstić information content (AvgIpc) is 2.35. The second kappa shape index (κ2) is 4.87. The molecule has 0 saturated heterocycles. The largest absolute Gasteiger partial charge is 0.479 e. The molecule has 0 aliphatic rings. The van der Waals surface area contributed by atoms with E-state index in [1.54, 1.807) is 12.1 Å². The number of carboxylic acids is 1. The maximum atomic E-state index is 11.3. The Hall–Kier alpha value is -2.36. The topological polar surface area (TPSA) is 66.4 Å². The fourth-order valence-electron chi connectivity index (χ4n) is 1.98. The normalized spacial score (nSPS) is 12.1. The van der Waals surface area contributed by atoms with E-state index < -0.39 is 12.0 Å². The molecular weight excluding hydrogens is 230 g/mol. The molecule has 1 amide bonds. The highest BCUT2D eigenvalue weighted by Crippen LogP contribution is 2.24. The second-order valence-electron chi connectivity index (χ2n) is 4.04. The first kappa shape index (κ1) is 12.1. The SMILES string of the molecule is CC(=O)NC(C(=O)O)c1cccc2ccccc12. The molecule has 0 bridgehead atoms. The van der Waals surface area contributed by atoms with Gasteiger partial charge < -0.3 is 10.4 Å². The number of nitrogens with one attached hydrogen (secondary N) is 1. The fourth-order valence-corrected chi connectivity index (χ4v) is 1.98. The van der Waals surface area contributed by atoms with E-state index in [4.69, 9.17) is 0 Å². The van der Waals surface area contributed by atoms with E-state index >= 15 is 0 Å². The number of fused-ring (bicyclic) bond motifs is 1. The quantitative estimate of drug-likeness (QED) is 0.867. The van der Waals surface area contributed by atoms with Crippen LogP contribution >= 0.6 is 0 Å². The molecule has 2 aromatic carbocycles. The van der Waals surface area contributed by atoms with Crippen LogP contribution in [-0.2, 0) is 9.59 Å². The van der Waals surface area contributed by atoms with Crippen LogP contribution < -0.4 is 5.32 Å². The smallest absolute Gasteiger partial charge is 0.330 e. The van der Waals surface area contributed by atoms with E-state index in [1.165, 1.54) is 6.92 Å². The van der Waals surface area contributed by atoms with Gasteiger partial charge in [0.2, 0.25) is 5.91 Å². The highest BCUT2D eigenvalue weighted by molar-refractivity contribution is 5.92. The first-order chi connectivity index (χ1) is 8.59. The Morgan fingerprint density at radius 3 is 2.44 bits per heavy atom. The Kier molecular flexibility index (Phi) is 3.28. The van der Waals surface area contributed by atoms with Crippen LogP contribution in [0.15, 0.2) is 42.5 Å². The molecule has 92 valence electrons. The molecular formula is C14H13NO3. The summed E-state index contributed by atoms with van der Waals surface area (Å²) in [6, 6.07) is 11.9. The van der Waals surface area contributed by atoms with Crippen LogP contribution in [0.5, 0.6) is 0 Å². The van der Waals surface area contributed by atoms with Gasteiger partial charge in [-0.2, -0.15) is 0 Å². The number of amides is 1. The molecule has 0 heterocycles. The molecule has 1 unspecified atom stereocenters. The van der Waals surface area contributed by atoms with Gasteiger partial charge in [0.1, 0.15) is 0 Å². The van der Waals surface area contributed by atoms with Crippen LogP contribution in [-0.4, -0.2) is 17.0 Å². The molecule has 0 aromatic heterocycles. The summed E-state index contributed by atoms with van der Waals surface area (Å²) in [6.07, 6.45) is 0. The van der Waals surface area contributed by atoms with Gasteiger partial charge in [0.15, 0.2) is 6.04 Å². The van der Waals surface area contributed by atoms with Crippen molar-refractivity contribution in [3.8, 4) is 0 Å². The molecule has 1 atom stereocenters. The fraction of sp³-hybridized carbons (Fsp3) is 0.143. The van der Waals surface area contributed by atoms with Crippen molar-refractivity contribution in [2.24, 2.45) is 0 Å². The van der Waals surface area contributed by atoms with Crippen molar-refractivity contribution in [2.75, 3.05) is 0 Å². The maximum Gasteiger partial charge on any atom is 0.330 e. The van der Waals surface area contributed by atoms with E-state index in [0.717, 1.165) is 10.8 Å². The Labute approximate surface area is 104 Å². The number of hydrogen-bond donors (Lipinski definition) is 2. The molecule has 0 radical (unpaired) electrons. The standard InChI is InChI=1S/C14H13NO3/c1-9(16)15-13(14(17)18)12-8-4-6-10-5-2-3-7-11(10)12/h2-8,13H,1H3,(H,15,16)(H,17,18). The van der Waals surface area contributed by atoms with Crippen LogP contribution in [0.3, 0.4) is 0 Å². The molecule has 0 spiro atoms. The number of aliphatic carboxylic acids is 1. The zero-order valence-electron chi connectivity index (χ0n) is 9.88. The molecule has 2 aromatic rings. The van der Waals surface area contributed by atoms with Crippen LogP contribution in [0.1, 0.15) is 18.5 Å². The minimum atomic E-state index is -1.07. The van der Waals surface area contributed by atoms with Gasteiger partial charge in [0.25, 0.3) is 0 Å². The highest BCUT2D eigenvalue weighted by atomic mass is 16.4. The Bertz CT molecular complexity index is 602. The summed E-state index contributed by atoms with van der Waals surface area (Å²) in [5.74, 6) is -1.43. The number of carboxylic acid groups (broad SMARTS) is 1. The summed E-state index contributed by atoms with van der Waals surface area (Å²) in [4.78, 5) is 22.4. The van der Waals surface area contributed by atoms with Gasteiger partial charge in [-0.15, -0.1) is 0 Å². The van der Waals surface area contributed by atoms with Crippen LogP contribution in [0.4, 0.5) is 0 Å². The summed E-state index contributed by atoms with van der Waals surface area (Å²) in [5.41, 5.74) is 0.593. The van der Waals surface area contributed by atoms with Crippen molar-refractivity contribution in [3.63, 3.8) is 0 Å². The Morgan fingerprint density at radius 2 is 1.78 bits per heavy atom. The molecule has 0 fully saturated rings. The minimum absolute atomic E-state index is 0.365. The predicted molar refractivity (Wildman–Crippen MR) is 68.1 cm³/mol. The lowest BCUT2D eigenvalue weighted by Crippen LogP contribution is -2.32. The Morgan fingerprint density at radius 1 is 1.11 bits per heavy atom. The van der Waals surface area contributed by atoms with Gasteiger partial charge in [0.05, 0.1) is 0 Å². The van der Waals surface area contributed by atoms with Crippen molar-refractivity contribution < 1.29 is 14.7 Å². The van der Waals surface area contributed by atoms with Crippen LogP contribution in [0.25, 0.3) is 10.8 Å². The van der Waals surface area contributed by atoms with Gasteiger partial charge in [0, 0.05) is 6.92 Å². The van der Waals surface area contributed by atoms with Gasteiger partial charge in [-0.25, -0.2) is 4.79 Å². The lowest BCUT2D eigenvalue weighted by molar-refractivity contribution is -0.141. The van der Waals surface area contributed by atoms with E-state index in [2.05, 4.69) is 5.32 Å². The van der Waals surface area contributed by atoms with E-state index in [-0.39, 0.29) is 5.91 Å². The third kappa shape index (κ3) is 2.32. The average molecular weight is 243 g/mol. The van der Waals surface area contributed by atoms with E-state index in [1.807, 2.05) is 30.3 Å². The lowest BCUT2D eigenvalue weighted by Gasteiger charge is -2.15. The summed E-state index contributed by atoms with van der Waals surface area (Å²) < 4.78 is 0. The summed E-state index contributed by atoms with van der Waals surface area (Å²) in [6.45, 7) is 1.31. The van der Waals surface area contributed by atoms with Gasteiger partial charge >= 0.3 is 5.97 Å². The van der Waals surface area contributed by atoms with Crippen molar-refractivity contribution in [1.82, 2.24) is 5.32 Å². The zero-order valence-corrected chi connectivity index (χ0v) is 9.88. The number of carbonyl (C=O) groups is 2. The van der Waals surface area contributed by atoms with Crippen LogP contribution in [0.2, 0.25) is 0 Å². The third-order valence-electron chi connectivity index (χ3n) is 2.73. The monoisotopic (exact) mass is 243 g/mol. The zero-order chi connectivity index (χ0) is 13.1. The molecule has 0 aliphatic heterocycles. The molecule has 4 heteroatoms. The van der Waals surface area contributed by atoms with Gasteiger partial charge in [-0.05, 0) is 16.3 Å². The van der Waals surface area contributed by atoms with Gasteiger partial charge in [-0.1, -0.05) is 42.5 Å². The second-order valence-corrected chi connectivity index (χ2v) is 4.04. The molecule has 4 nitrogen and oxygen atoms in total. The number of carbonyl (C=O) groups excluding carboxylic acids is 1. The van der Waals surface area contributed by atoms with Crippen molar-refractivity contribution in [3.05, 3.63) is 48.0 Å². The summed E-state index contributed by atoms with van der Waals surface area (Å²) in [5, 5.41) is 13.5. The van der Waals surface area contributed by atoms with Crippen LogP contribution in [0, 0.1) is 0 Å². The van der Waals surface area contributed by atoms with Crippen molar-refractivity contribution in [1.29, 1.82) is 0 Å². The first-order valence-corrected chi connectivity index (χ1v) is 5.57. The van der Waals surface area contributed by atoms with E-state index in [9.17, 15) is 14.7 Å². The number of benzene rings is 2. The van der Waals surface area contributed by atoms with Gasteiger partial charge in [-0.3, -0.25) is 4.79 Å².